The Hall–Kier alpha value is -3.34. The van der Waals surface area contributed by atoms with Crippen LogP contribution in [0.2, 0.25) is 0 Å². The standard InChI is InChI=1S/C28H30N4O4S2/c1-3-20-7-6-9-25-26(20)30-28(37-25)32(19-22-8-4-5-16-29-22)27(33)21-14-17-31(18-15-21)38(34,35)24-12-10-23(36-2)11-13-24/h4-13,16,21H,3,14-15,17-19H2,1-2H3. The van der Waals surface area contributed by atoms with Crippen LogP contribution in [0.25, 0.3) is 10.2 Å². The average molecular weight is 551 g/mol. The van der Waals surface area contributed by atoms with Crippen LogP contribution in [-0.2, 0) is 27.8 Å². The summed E-state index contributed by atoms with van der Waals surface area (Å²) in [5.74, 6) is 0.245. The molecule has 1 amide bonds. The van der Waals surface area contributed by atoms with E-state index >= 15 is 0 Å². The maximum atomic E-state index is 13.9. The topological polar surface area (TPSA) is 92.7 Å². The first-order valence-electron chi connectivity index (χ1n) is 12.6. The van der Waals surface area contributed by atoms with Crippen LogP contribution in [0, 0.1) is 5.92 Å². The van der Waals surface area contributed by atoms with Gasteiger partial charge in [-0.1, -0.05) is 36.5 Å². The van der Waals surface area contributed by atoms with Gasteiger partial charge in [-0.25, -0.2) is 13.4 Å². The summed E-state index contributed by atoms with van der Waals surface area (Å²) in [7, 11) is -2.11. The van der Waals surface area contributed by atoms with Crippen molar-refractivity contribution >= 4 is 42.6 Å². The van der Waals surface area contributed by atoms with Gasteiger partial charge in [0.05, 0.1) is 34.5 Å². The van der Waals surface area contributed by atoms with Crippen molar-refractivity contribution in [3.63, 3.8) is 0 Å². The third kappa shape index (κ3) is 5.29. The number of piperidine rings is 1. The number of methoxy groups -OCH3 is 1. The molecule has 0 atom stereocenters. The average Bonchev–Trinajstić information content (AvgIpc) is 3.40. The van der Waals surface area contributed by atoms with Crippen LogP contribution in [0.15, 0.2) is 71.8 Å². The van der Waals surface area contributed by atoms with Gasteiger partial charge in [0.25, 0.3) is 0 Å². The molecule has 1 aliphatic rings. The van der Waals surface area contributed by atoms with Gasteiger partial charge in [0.15, 0.2) is 5.13 Å². The highest BCUT2D eigenvalue weighted by atomic mass is 32.2. The van der Waals surface area contributed by atoms with E-state index in [1.165, 1.54) is 15.6 Å². The minimum atomic E-state index is -3.65. The van der Waals surface area contributed by atoms with Crippen LogP contribution in [-0.4, -0.2) is 48.8 Å². The summed E-state index contributed by atoms with van der Waals surface area (Å²) in [5, 5.41) is 0.643. The minimum Gasteiger partial charge on any atom is -0.497 e. The Bertz CT molecular complexity index is 1510. The number of carbonyl (C=O) groups is 1. The molecule has 0 spiro atoms. The normalized spacial score (nSPS) is 15.0. The van der Waals surface area contributed by atoms with Gasteiger partial charge in [-0.2, -0.15) is 4.31 Å². The number of sulfonamides is 1. The lowest BCUT2D eigenvalue weighted by Gasteiger charge is -2.33. The Kier molecular flexibility index (Phi) is 7.73. The fourth-order valence-corrected chi connectivity index (χ4v) is 7.24. The zero-order valence-corrected chi connectivity index (χ0v) is 23.0. The largest absolute Gasteiger partial charge is 0.497 e. The lowest BCUT2D eigenvalue weighted by molar-refractivity contribution is -0.123. The number of hydrogen-bond acceptors (Lipinski definition) is 7. The second kappa shape index (κ2) is 11.2. The Morgan fingerprint density at radius 1 is 1.08 bits per heavy atom. The Labute approximate surface area is 227 Å². The molecule has 1 aliphatic heterocycles. The number of hydrogen-bond donors (Lipinski definition) is 0. The highest BCUT2D eigenvalue weighted by molar-refractivity contribution is 7.89. The fourth-order valence-electron chi connectivity index (χ4n) is 4.75. The summed E-state index contributed by atoms with van der Waals surface area (Å²) in [6, 6.07) is 18.1. The smallest absolute Gasteiger partial charge is 0.243 e. The molecule has 0 radical (unpaired) electrons. The van der Waals surface area contributed by atoms with Crippen LogP contribution >= 0.6 is 11.3 Å². The summed E-state index contributed by atoms with van der Waals surface area (Å²) in [6.45, 7) is 2.97. The van der Waals surface area contributed by atoms with Gasteiger partial charge in [-0.05, 0) is 67.3 Å². The molecule has 3 heterocycles. The van der Waals surface area contributed by atoms with E-state index in [4.69, 9.17) is 9.72 Å². The van der Waals surface area contributed by atoms with Crippen molar-refractivity contribution in [1.29, 1.82) is 0 Å². The number of para-hydroxylation sites is 1. The summed E-state index contributed by atoms with van der Waals surface area (Å²) in [5.41, 5.74) is 2.84. The summed E-state index contributed by atoms with van der Waals surface area (Å²) in [6.07, 6.45) is 3.46. The van der Waals surface area contributed by atoms with Crippen LogP contribution in [0.5, 0.6) is 5.75 Å². The van der Waals surface area contributed by atoms with Gasteiger partial charge >= 0.3 is 0 Å². The Balaban J connectivity index is 1.37. The van der Waals surface area contributed by atoms with E-state index in [0.29, 0.717) is 30.3 Å². The number of aryl methyl sites for hydroxylation is 1. The first-order chi connectivity index (χ1) is 18.4. The molecular formula is C28H30N4O4S2. The molecule has 8 nitrogen and oxygen atoms in total. The van der Waals surface area contributed by atoms with Crippen molar-refractivity contribution < 1.29 is 17.9 Å². The number of rotatable bonds is 8. The minimum absolute atomic E-state index is 0.0470. The SMILES string of the molecule is CCc1cccc2sc(N(Cc3ccccn3)C(=O)C3CCN(S(=O)(=O)c4ccc(OC)cc4)CC3)nc12. The molecule has 0 unspecified atom stereocenters. The number of anilines is 1. The molecule has 0 saturated carbocycles. The van der Waals surface area contributed by atoms with Crippen molar-refractivity contribution in [3.8, 4) is 5.75 Å². The molecule has 1 saturated heterocycles. The maximum Gasteiger partial charge on any atom is 0.243 e. The maximum absolute atomic E-state index is 13.9. The van der Waals surface area contributed by atoms with Crippen LogP contribution in [0.4, 0.5) is 5.13 Å². The van der Waals surface area contributed by atoms with E-state index in [9.17, 15) is 13.2 Å². The number of aromatic nitrogens is 2. The third-order valence-electron chi connectivity index (χ3n) is 6.92. The monoisotopic (exact) mass is 550 g/mol. The third-order valence-corrected chi connectivity index (χ3v) is 9.87. The fraction of sp³-hybridized carbons (Fsp3) is 0.321. The van der Waals surface area contributed by atoms with Crippen molar-refractivity contribution in [1.82, 2.24) is 14.3 Å². The molecule has 38 heavy (non-hydrogen) atoms. The molecule has 5 rings (SSSR count). The van der Waals surface area contributed by atoms with Crippen molar-refractivity contribution in [3.05, 3.63) is 78.1 Å². The second-order valence-electron chi connectivity index (χ2n) is 9.21. The molecule has 0 aliphatic carbocycles. The number of ether oxygens (including phenoxy) is 1. The number of fused-ring (bicyclic) bond motifs is 1. The highest BCUT2D eigenvalue weighted by Gasteiger charge is 2.35. The first-order valence-corrected chi connectivity index (χ1v) is 14.9. The van der Waals surface area contributed by atoms with Gasteiger partial charge in [0, 0.05) is 25.2 Å². The predicted molar refractivity (Wildman–Crippen MR) is 149 cm³/mol. The number of amides is 1. The Morgan fingerprint density at radius 3 is 2.50 bits per heavy atom. The second-order valence-corrected chi connectivity index (χ2v) is 12.2. The van der Waals surface area contributed by atoms with E-state index in [-0.39, 0.29) is 29.8 Å². The Morgan fingerprint density at radius 2 is 1.84 bits per heavy atom. The molecule has 198 valence electrons. The molecule has 4 aromatic rings. The lowest BCUT2D eigenvalue weighted by Crippen LogP contribution is -2.44. The predicted octanol–water partition coefficient (Wildman–Crippen LogP) is 4.90. The summed E-state index contributed by atoms with van der Waals surface area (Å²) in [4.78, 5) is 25.2. The first kappa shape index (κ1) is 26.3. The highest BCUT2D eigenvalue weighted by Crippen LogP contribution is 2.34. The van der Waals surface area contributed by atoms with Crippen LogP contribution in [0.3, 0.4) is 0 Å². The van der Waals surface area contributed by atoms with Gasteiger partial charge in [0.1, 0.15) is 5.75 Å². The van der Waals surface area contributed by atoms with E-state index in [1.807, 2.05) is 30.3 Å². The van der Waals surface area contributed by atoms with Crippen LogP contribution in [0.1, 0.15) is 31.0 Å². The number of nitrogens with zero attached hydrogens (tertiary/aromatic N) is 4. The molecule has 1 fully saturated rings. The van der Waals surface area contributed by atoms with Crippen molar-refractivity contribution in [2.24, 2.45) is 5.92 Å². The number of pyridine rings is 1. The molecule has 2 aromatic carbocycles. The molecule has 0 bridgehead atoms. The zero-order valence-electron chi connectivity index (χ0n) is 21.4. The van der Waals surface area contributed by atoms with E-state index in [1.54, 1.807) is 42.5 Å². The van der Waals surface area contributed by atoms with Crippen molar-refractivity contribution in [2.45, 2.75) is 37.6 Å². The number of carbonyl (C=O) groups excluding carboxylic acids is 1. The number of thiazole rings is 1. The van der Waals surface area contributed by atoms with Gasteiger partial charge in [-0.15, -0.1) is 0 Å². The quantitative estimate of drug-likeness (QED) is 0.310. The van der Waals surface area contributed by atoms with E-state index in [2.05, 4.69) is 18.0 Å². The summed E-state index contributed by atoms with van der Waals surface area (Å²) >= 11 is 1.50. The van der Waals surface area contributed by atoms with Gasteiger partial charge < -0.3 is 4.74 Å². The van der Waals surface area contributed by atoms with Gasteiger partial charge in [0.2, 0.25) is 15.9 Å². The van der Waals surface area contributed by atoms with E-state index in [0.717, 1.165) is 27.9 Å². The van der Waals surface area contributed by atoms with E-state index < -0.39 is 10.0 Å². The number of benzene rings is 2. The zero-order chi connectivity index (χ0) is 26.7. The molecular weight excluding hydrogens is 520 g/mol. The summed E-state index contributed by atoms with van der Waals surface area (Å²) < 4.78 is 34.0. The van der Waals surface area contributed by atoms with Crippen LogP contribution < -0.4 is 9.64 Å². The van der Waals surface area contributed by atoms with Gasteiger partial charge in [-0.3, -0.25) is 14.7 Å². The molecule has 10 heteroatoms. The van der Waals surface area contributed by atoms with Crippen molar-refractivity contribution in [2.75, 3.05) is 25.1 Å². The molecule has 2 aromatic heterocycles. The molecule has 0 N–H and O–H groups in total. The lowest BCUT2D eigenvalue weighted by atomic mass is 9.96.